The summed E-state index contributed by atoms with van der Waals surface area (Å²) in [6.07, 6.45) is 2.44. The van der Waals surface area contributed by atoms with E-state index in [1.54, 1.807) is 30.2 Å². The Morgan fingerprint density at radius 1 is 0.955 bits per heavy atom. The maximum Gasteiger partial charge on any atom is 0.417 e. The lowest BCUT2D eigenvalue weighted by atomic mass is 10.0. The molecule has 1 aromatic heterocycles. The van der Waals surface area contributed by atoms with Gasteiger partial charge in [0.25, 0.3) is 0 Å². The van der Waals surface area contributed by atoms with E-state index in [-0.39, 0.29) is 37.2 Å². The van der Waals surface area contributed by atoms with E-state index in [1.807, 2.05) is 37.3 Å². The Labute approximate surface area is 391 Å². The molecule has 1 saturated heterocycles. The highest BCUT2D eigenvalue weighted by atomic mass is 79.9. The Morgan fingerprint density at radius 3 is 2.47 bits per heavy atom. The zero-order valence-corrected chi connectivity index (χ0v) is 38.7. The predicted octanol–water partition coefficient (Wildman–Crippen LogP) is 8.72. The monoisotopic (exact) mass is 977 g/mol. The topological polar surface area (TPSA) is 168 Å². The molecule has 2 N–H and O–H groups in total. The van der Waals surface area contributed by atoms with Gasteiger partial charge < -0.3 is 29.2 Å². The first-order valence-corrected chi connectivity index (χ1v) is 22.8. The second-order valence-electron chi connectivity index (χ2n) is 16.6. The number of nitrogens with one attached hydrogen (secondary N) is 2. The summed E-state index contributed by atoms with van der Waals surface area (Å²) in [7, 11) is 0. The summed E-state index contributed by atoms with van der Waals surface area (Å²) in [6, 6.07) is 15.8. The largest absolute Gasteiger partial charge is 0.494 e. The Kier molecular flexibility index (Phi) is 18.3. The van der Waals surface area contributed by atoms with E-state index in [1.165, 1.54) is 18.3 Å². The van der Waals surface area contributed by atoms with Gasteiger partial charge in [-0.2, -0.15) is 18.4 Å². The van der Waals surface area contributed by atoms with Crippen molar-refractivity contribution >= 4 is 50.7 Å². The molecule has 0 unspecified atom stereocenters. The molecule has 2 fully saturated rings. The fraction of sp³-hybridized carbons (Fsp3) is 0.458. The number of anilines is 3. The third-order valence-corrected chi connectivity index (χ3v) is 11.8. The number of aryl methyl sites for hydroxylation is 3. The van der Waals surface area contributed by atoms with Gasteiger partial charge in [0.1, 0.15) is 30.0 Å². The molecule has 2 aliphatic rings. The zero-order chi connectivity index (χ0) is 47.1. The van der Waals surface area contributed by atoms with E-state index in [4.69, 9.17) is 18.9 Å². The molecule has 1 aliphatic heterocycles. The average molecular weight is 979 g/mol. The van der Waals surface area contributed by atoms with Crippen molar-refractivity contribution in [1.82, 2.24) is 14.9 Å². The van der Waals surface area contributed by atoms with Crippen molar-refractivity contribution in [3.8, 4) is 17.6 Å². The molecule has 1 aliphatic carbocycles. The third kappa shape index (κ3) is 16.1. The van der Waals surface area contributed by atoms with Crippen LogP contribution in [0.5, 0.6) is 11.5 Å². The van der Waals surface area contributed by atoms with Crippen molar-refractivity contribution in [2.75, 3.05) is 81.3 Å². The lowest BCUT2D eigenvalue weighted by Crippen LogP contribution is -2.46. The number of ether oxygens (including phenoxy) is 4. The lowest BCUT2D eigenvalue weighted by molar-refractivity contribution is -0.137. The van der Waals surface area contributed by atoms with Gasteiger partial charge in [0, 0.05) is 62.3 Å². The van der Waals surface area contributed by atoms with Gasteiger partial charge >= 0.3 is 12.2 Å². The minimum atomic E-state index is -4.67. The predicted molar refractivity (Wildman–Crippen MR) is 246 cm³/mol. The maximum absolute atomic E-state index is 13.6. The van der Waals surface area contributed by atoms with Crippen molar-refractivity contribution < 1.29 is 46.5 Å². The quantitative estimate of drug-likeness (QED) is 0.0642. The summed E-state index contributed by atoms with van der Waals surface area (Å²) < 4.78 is 65.4. The molecule has 18 heteroatoms. The van der Waals surface area contributed by atoms with Gasteiger partial charge in [0.15, 0.2) is 11.6 Å². The molecule has 6 rings (SSSR count). The lowest BCUT2D eigenvalue weighted by Gasteiger charge is -2.32. The van der Waals surface area contributed by atoms with Crippen LogP contribution in [0.4, 0.5) is 35.2 Å². The molecule has 2 heterocycles. The highest BCUT2D eigenvalue weighted by molar-refractivity contribution is 9.10. The first-order valence-electron chi connectivity index (χ1n) is 22.0. The fourth-order valence-corrected chi connectivity index (χ4v) is 7.57. The molecule has 4 aromatic rings. The molecule has 0 spiro atoms. The van der Waals surface area contributed by atoms with E-state index in [0.29, 0.717) is 113 Å². The number of nitrogens with zero attached hydrogens (tertiary/aromatic N) is 5. The summed E-state index contributed by atoms with van der Waals surface area (Å²) in [5.41, 5.74) is 1.92. The molecule has 0 radical (unpaired) electrons. The molecule has 1 atom stereocenters. The van der Waals surface area contributed by atoms with Crippen molar-refractivity contribution in [1.29, 1.82) is 5.26 Å². The third-order valence-electron chi connectivity index (χ3n) is 11.0. The molecule has 0 bridgehead atoms. The number of hydrogen-bond donors (Lipinski definition) is 2. The SMILES string of the molecule is Cc1cnc(NC(=O)Nc2cc(Br)c(C)cc2OC[C@@H]2CN(CC(=O)CCCOCCCOc3ccc(CCC(=O)CN(CC4CC4)c4ccc(C#N)c(C(F)(F)F)c4)cc3)CCO2)cn1. The van der Waals surface area contributed by atoms with Gasteiger partial charge in [-0.05, 0) is 99.0 Å². The first kappa shape index (κ1) is 49.8. The number of morpholine rings is 1. The number of Topliss-reactive ketones (excluding diaryl/α,β-unsaturated/α-hetero) is 2. The number of carbonyl (C=O) groups excluding carboxylic acids is 3. The highest BCUT2D eigenvalue weighted by Crippen LogP contribution is 2.37. The van der Waals surface area contributed by atoms with E-state index in [2.05, 4.69) is 41.4 Å². The zero-order valence-electron chi connectivity index (χ0n) is 37.1. The highest BCUT2D eigenvalue weighted by Gasteiger charge is 2.35. The Balaban J connectivity index is 0.824. The van der Waals surface area contributed by atoms with E-state index in [9.17, 15) is 32.8 Å². The number of hydrogen-bond acceptors (Lipinski definition) is 12. The van der Waals surface area contributed by atoms with Crippen LogP contribution in [0.1, 0.15) is 66.5 Å². The number of aromatic nitrogens is 2. The molecule has 66 heavy (non-hydrogen) atoms. The van der Waals surface area contributed by atoms with Crippen LogP contribution in [0.15, 0.2) is 71.5 Å². The maximum atomic E-state index is 13.6. The van der Waals surface area contributed by atoms with E-state index >= 15 is 0 Å². The van der Waals surface area contributed by atoms with Gasteiger partial charge in [-0.25, -0.2) is 9.78 Å². The van der Waals surface area contributed by atoms with Crippen LogP contribution in [0, 0.1) is 31.1 Å². The van der Waals surface area contributed by atoms with Gasteiger partial charge in [-0.1, -0.05) is 28.1 Å². The van der Waals surface area contributed by atoms with Crippen LogP contribution >= 0.6 is 15.9 Å². The molecule has 3 aromatic carbocycles. The number of benzene rings is 3. The Bertz CT molecular complexity index is 2310. The molecule has 14 nitrogen and oxygen atoms in total. The number of rotatable bonds is 24. The number of alkyl halides is 3. The molecule has 1 saturated carbocycles. The number of carbonyl (C=O) groups is 3. The van der Waals surface area contributed by atoms with E-state index in [0.717, 1.165) is 40.2 Å². The second kappa shape index (κ2) is 24.2. The first-order chi connectivity index (χ1) is 31.7. The summed E-state index contributed by atoms with van der Waals surface area (Å²) >= 11 is 3.52. The molecule has 352 valence electrons. The van der Waals surface area contributed by atoms with Crippen molar-refractivity contribution in [3.63, 3.8) is 0 Å². The van der Waals surface area contributed by atoms with Crippen molar-refractivity contribution in [2.24, 2.45) is 5.92 Å². The summed E-state index contributed by atoms with van der Waals surface area (Å²) in [6.45, 7) is 7.76. The number of urea groups is 1. The van der Waals surface area contributed by atoms with Crippen LogP contribution in [0.25, 0.3) is 0 Å². The van der Waals surface area contributed by atoms with Crippen LogP contribution in [-0.4, -0.2) is 104 Å². The summed E-state index contributed by atoms with van der Waals surface area (Å²) in [5.74, 6) is 1.86. The van der Waals surface area contributed by atoms with Crippen LogP contribution < -0.4 is 25.0 Å². The van der Waals surface area contributed by atoms with Gasteiger partial charge in [0.2, 0.25) is 0 Å². The standard InChI is InChI=1S/C48H55BrF3N7O7/c1-32-21-45(44(23-43(32)49)56-47(62)57-46-26-54-33(2)25-55-46)66-31-41-30-58(16-20-65-41)28-38(60)5-3-17-63-18-4-19-64-40-14-9-34(10-15-40)8-13-39(61)29-59(27-35-6-7-35)37-12-11-36(24-53)42(22-37)48(50,51)52/h9-12,14-15,21-23,25-26,35,41H,3-8,13,16-20,27-31H2,1-2H3,(H2,55,56,57,62)/t41-/m0/s1. The van der Waals surface area contributed by atoms with Crippen LogP contribution in [0.3, 0.4) is 0 Å². The van der Waals surface area contributed by atoms with Gasteiger partial charge in [0.05, 0.1) is 67.3 Å². The van der Waals surface area contributed by atoms with Crippen LogP contribution in [-0.2, 0) is 31.7 Å². The smallest absolute Gasteiger partial charge is 0.417 e. The minimum Gasteiger partial charge on any atom is -0.494 e. The molecular weight excluding hydrogens is 923 g/mol. The molecular formula is C48H55BrF3N7O7. The number of halogens is 4. The van der Waals surface area contributed by atoms with Crippen molar-refractivity contribution in [3.05, 3.63) is 99.4 Å². The van der Waals surface area contributed by atoms with Gasteiger partial charge in [-0.3, -0.25) is 24.8 Å². The Hall–Kier alpha value is -5.61. The minimum absolute atomic E-state index is 0.00184. The fourth-order valence-electron chi connectivity index (χ4n) is 7.22. The summed E-state index contributed by atoms with van der Waals surface area (Å²) in [4.78, 5) is 50.7. The van der Waals surface area contributed by atoms with Crippen LogP contribution in [0.2, 0.25) is 0 Å². The molecule has 2 amide bonds. The number of ketones is 2. The number of amides is 2. The second-order valence-corrected chi connectivity index (χ2v) is 17.4. The van der Waals surface area contributed by atoms with E-state index < -0.39 is 23.3 Å². The van der Waals surface area contributed by atoms with Crippen molar-refractivity contribution in [2.45, 2.75) is 71.1 Å². The summed E-state index contributed by atoms with van der Waals surface area (Å²) in [5, 5.41) is 14.7. The number of nitriles is 1. The normalized spacial score (nSPS) is 15.1. The Morgan fingerprint density at radius 2 is 1.74 bits per heavy atom. The average Bonchev–Trinajstić information content (AvgIpc) is 4.12. The van der Waals surface area contributed by atoms with Gasteiger partial charge in [-0.15, -0.1) is 0 Å².